The van der Waals surface area contributed by atoms with Crippen molar-refractivity contribution in [2.45, 2.75) is 19.3 Å². The van der Waals surface area contributed by atoms with E-state index in [0.29, 0.717) is 6.54 Å². The van der Waals surface area contributed by atoms with Crippen molar-refractivity contribution in [3.63, 3.8) is 0 Å². The predicted molar refractivity (Wildman–Crippen MR) is 76.1 cm³/mol. The minimum atomic E-state index is -0.538. The zero-order chi connectivity index (χ0) is 15.0. The first-order valence-electron chi connectivity index (χ1n) is 6.70. The van der Waals surface area contributed by atoms with Crippen molar-refractivity contribution >= 4 is 11.7 Å². The van der Waals surface area contributed by atoms with Gasteiger partial charge in [0.05, 0.1) is 5.56 Å². The van der Waals surface area contributed by atoms with Crippen LogP contribution in [0.1, 0.15) is 29.6 Å². The lowest BCUT2D eigenvalue weighted by Crippen LogP contribution is -2.27. The topological polar surface area (TPSA) is 49.4 Å². The summed E-state index contributed by atoms with van der Waals surface area (Å²) in [7, 11) is 3.93. The fourth-order valence-electron chi connectivity index (χ4n) is 1.76. The number of halogens is 1. The fourth-order valence-corrected chi connectivity index (χ4v) is 1.76. The second kappa shape index (κ2) is 8.43. The van der Waals surface area contributed by atoms with Crippen LogP contribution in [-0.2, 0) is 4.79 Å². The molecule has 0 fully saturated rings. The summed E-state index contributed by atoms with van der Waals surface area (Å²) < 4.78 is 13.4. The van der Waals surface area contributed by atoms with Gasteiger partial charge in [-0.25, -0.2) is 4.39 Å². The summed E-state index contributed by atoms with van der Waals surface area (Å²) in [6, 6.07) is 5.82. The second-order valence-corrected chi connectivity index (χ2v) is 4.91. The summed E-state index contributed by atoms with van der Waals surface area (Å²) in [5.41, 5.74) is 0.0490. The van der Waals surface area contributed by atoms with E-state index in [1.54, 1.807) is 6.07 Å². The number of nitrogens with one attached hydrogen (secondary N) is 1. The summed E-state index contributed by atoms with van der Waals surface area (Å²) >= 11 is 0. The Hall–Kier alpha value is -1.75. The van der Waals surface area contributed by atoms with E-state index < -0.39 is 5.82 Å². The van der Waals surface area contributed by atoms with Gasteiger partial charge in [-0.3, -0.25) is 9.59 Å². The first-order chi connectivity index (χ1) is 9.50. The molecule has 1 amide bonds. The van der Waals surface area contributed by atoms with E-state index in [1.807, 2.05) is 19.0 Å². The van der Waals surface area contributed by atoms with Gasteiger partial charge in [-0.1, -0.05) is 12.1 Å². The number of hydrogen-bond acceptors (Lipinski definition) is 3. The van der Waals surface area contributed by atoms with Crippen molar-refractivity contribution in [1.82, 2.24) is 10.2 Å². The molecule has 0 atom stereocenters. The Labute approximate surface area is 119 Å². The van der Waals surface area contributed by atoms with Crippen LogP contribution in [0.15, 0.2) is 24.3 Å². The number of carbonyl (C=O) groups is 2. The smallest absolute Gasteiger partial charge is 0.220 e. The third kappa shape index (κ3) is 5.93. The van der Waals surface area contributed by atoms with Crippen LogP contribution in [0.25, 0.3) is 0 Å². The third-order valence-electron chi connectivity index (χ3n) is 2.86. The van der Waals surface area contributed by atoms with Gasteiger partial charge in [0.15, 0.2) is 5.78 Å². The first-order valence-corrected chi connectivity index (χ1v) is 6.70. The van der Waals surface area contributed by atoms with Crippen molar-refractivity contribution < 1.29 is 14.0 Å². The standard InChI is InChI=1S/C15H21FN2O2/c1-18(2)11-5-10-17-15(20)9-8-14(19)12-6-3-4-7-13(12)16/h3-4,6-7H,5,8-11H2,1-2H3,(H,17,20). The van der Waals surface area contributed by atoms with E-state index in [9.17, 15) is 14.0 Å². The number of hydrogen-bond donors (Lipinski definition) is 1. The number of benzene rings is 1. The molecule has 0 spiro atoms. The molecule has 1 aromatic carbocycles. The van der Waals surface area contributed by atoms with Gasteiger partial charge in [0.1, 0.15) is 5.82 Å². The quantitative estimate of drug-likeness (QED) is 0.584. The molecule has 0 bridgehead atoms. The SMILES string of the molecule is CN(C)CCCNC(=O)CCC(=O)c1ccccc1F. The van der Waals surface area contributed by atoms with E-state index in [1.165, 1.54) is 18.2 Å². The molecule has 1 aromatic rings. The molecule has 20 heavy (non-hydrogen) atoms. The molecule has 0 saturated heterocycles. The van der Waals surface area contributed by atoms with Gasteiger partial charge in [0.2, 0.25) is 5.91 Å². The van der Waals surface area contributed by atoms with Crippen molar-refractivity contribution in [3.8, 4) is 0 Å². The maximum Gasteiger partial charge on any atom is 0.220 e. The Morgan fingerprint density at radius 3 is 2.55 bits per heavy atom. The summed E-state index contributed by atoms with van der Waals surface area (Å²) in [4.78, 5) is 25.3. The van der Waals surface area contributed by atoms with Crippen LogP contribution >= 0.6 is 0 Å². The molecule has 5 heteroatoms. The molecule has 0 radical (unpaired) electrons. The lowest BCUT2D eigenvalue weighted by Gasteiger charge is -2.09. The average Bonchev–Trinajstić information content (AvgIpc) is 2.41. The lowest BCUT2D eigenvalue weighted by molar-refractivity contribution is -0.121. The Morgan fingerprint density at radius 1 is 1.20 bits per heavy atom. The van der Waals surface area contributed by atoms with Gasteiger partial charge < -0.3 is 10.2 Å². The predicted octanol–water partition coefficient (Wildman–Crippen LogP) is 1.86. The number of Topliss-reactive ketones (excluding diaryl/α,β-unsaturated/α-hetero) is 1. The molecular weight excluding hydrogens is 259 g/mol. The normalized spacial score (nSPS) is 10.6. The van der Waals surface area contributed by atoms with Crippen LogP contribution < -0.4 is 5.32 Å². The van der Waals surface area contributed by atoms with Crippen LogP contribution in [-0.4, -0.2) is 43.8 Å². The highest BCUT2D eigenvalue weighted by Gasteiger charge is 2.12. The monoisotopic (exact) mass is 280 g/mol. The highest BCUT2D eigenvalue weighted by atomic mass is 19.1. The largest absolute Gasteiger partial charge is 0.356 e. The maximum atomic E-state index is 13.4. The Morgan fingerprint density at radius 2 is 1.90 bits per heavy atom. The van der Waals surface area contributed by atoms with Gasteiger partial charge in [0, 0.05) is 19.4 Å². The zero-order valence-electron chi connectivity index (χ0n) is 12.0. The first kappa shape index (κ1) is 16.3. The molecule has 0 aromatic heterocycles. The van der Waals surface area contributed by atoms with Crippen LogP contribution in [0.2, 0.25) is 0 Å². The van der Waals surface area contributed by atoms with Crippen LogP contribution in [0.3, 0.4) is 0 Å². The van der Waals surface area contributed by atoms with E-state index in [4.69, 9.17) is 0 Å². The zero-order valence-corrected chi connectivity index (χ0v) is 12.0. The summed E-state index contributed by atoms with van der Waals surface area (Å²) in [5.74, 6) is -1.05. The van der Waals surface area contributed by atoms with Crippen molar-refractivity contribution in [1.29, 1.82) is 0 Å². The third-order valence-corrected chi connectivity index (χ3v) is 2.86. The highest BCUT2D eigenvalue weighted by Crippen LogP contribution is 2.10. The van der Waals surface area contributed by atoms with Gasteiger partial charge in [-0.05, 0) is 39.2 Å². The highest BCUT2D eigenvalue weighted by molar-refractivity contribution is 5.98. The molecule has 0 aliphatic heterocycles. The van der Waals surface area contributed by atoms with Crippen LogP contribution in [0, 0.1) is 5.82 Å². The van der Waals surface area contributed by atoms with Crippen LogP contribution in [0.5, 0.6) is 0 Å². The van der Waals surface area contributed by atoms with Crippen molar-refractivity contribution in [2.24, 2.45) is 0 Å². The van der Waals surface area contributed by atoms with Gasteiger partial charge in [-0.15, -0.1) is 0 Å². The minimum Gasteiger partial charge on any atom is -0.356 e. The summed E-state index contributed by atoms with van der Waals surface area (Å²) in [5, 5.41) is 2.75. The minimum absolute atomic E-state index is 0.0282. The van der Waals surface area contributed by atoms with E-state index >= 15 is 0 Å². The number of amides is 1. The van der Waals surface area contributed by atoms with Crippen molar-refractivity contribution in [2.75, 3.05) is 27.2 Å². The molecule has 0 aliphatic carbocycles. The molecule has 1 N–H and O–H groups in total. The van der Waals surface area contributed by atoms with Gasteiger partial charge >= 0.3 is 0 Å². The number of nitrogens with zero attached hydrogens (tertiary/aromatic N) is 1. The van der Waals surface area contributed by atoms with E-state index in [0.717, 1.165) is 13.0 Å². The molecule has 0 unspecified atom stereocenters. The average molecular weight is 280 g/mol. The maximum absolute atomic E-state index is 13.4. The molecule has 4 nitrogen and oxygen atoms in total. The number of ketones is 1. The van der Waals surface area contributed by atoms with Gasteiger partial charge in [-0.2, -0.15) is 0 Å². The summed E-state index contributed by atoms with van der Waals surface area (Å²) in [6.45, 7) is 1.49. The Kier molecular flexibility index (Phi) is 6.87. The number of carbonyl (C=O) groups excluding carboxylic acids is 2. The Bertz CT molecular complexity index is 461. The van der Waals surface area contributed by atoms with E-state index in [2.05, 4.69) is 5.32 Å². The molecule has 110 valence electrons. The molecule has 0 heterocycles. The van der Waals surface area contributed by atoms with Crippen molar-refractivity contribution in [3.05, 3.63) is 35.6 Å². The Balaban J connectivity index is 2.27. The van der Waals surface area contributed by atoms with Gasteiger partial charge in [0.25, 0.3) is 0 Å². The lowest BCUT2D eigenvalue weighted by atomic mass is 10.1. The fraction of sp³-hybridized carbons (Fsp3) is 0.467. The molecule has 0 saturated carbocycles. The number of rotatable bonds is 8. The van der Waals surface area contributed by atoms with E-state index in [-0.39, 0.29) is 30.1 Å². The van der Waals surface area contributed by atoms with Crippen LogP contribution in [0.4, 0.5) is 4.39 Å². The second-order valence-electron chi connectivity index (χ2n) is 4.91. The molecular formula is C15H21FN2O2. The molecule has 1 rings (SSSR count). The summed E-state index contributed by atoms with van der Waals surface area (Å²) in [6.07, 6.45) is 0.982. The molecule has 0 aliphatic rings.